The first-order chi connectivity index (χ1) is 12.1. The van der Waals surface area contributed by atoms with Gasteiger partial charge in [-0.3, -0.25) is 9.69 Å². The Morgan fingerprint density at radius 1 is 1.12 bits per heavy atom. The van der Waals surface area contributed by atoms with E-state index in [1.165, 1.54) is 5.56 Å². The predicted octanol–water partition coefficient (Wildman–Crippen LogP) is 2.08. The van der Waals surface area contributed by atoms with Gasteiger partial charge in [0.25, 0.3) is 0 Å². The molecule has 1 aromatic carbocycles. The molecule has 1 amide bonds. The summed E-state index contributed by atoms with van der Waals surface area (Å²) in [5.74, 6) is 1.01. The van der Waals surface area contributed by atoms with Crippen LogP contribution in [0.5, 0.6) is 5.75 Å². The van der Waals surface area contributed by atoms with Crippen molar-refractivity contribution in [1.29, 1.82) is 0 Å². The van der Waals surface area contributed by atoms with Crippen molar-refractivity contribution in [2.24, 2.45) is 0 Å². The molecule has 0 radical (unpaired) electrons. The molecule has 0 unspecified atom stereocenters. The van der Waals surface area contributed by atoms with Crippen molar-refractivity contribution in [1.82, 2.24) is 9.80 Å². The number of piperazine rings is 1. The average molecular weight is 346 g/mol. The van der Waals surface area contributed by atoms with Crippen molar-refractivity contribution in [3.05, 3.63) is 29.8 Å². The number of methoxy groups -OCH3 is 1. The van der Waals surface area contributed by atoms with E-state index in [4.69, 9.17) is 4.74 Å². The van der Waals surface area contributed by atoms with E-state index >= 15 is 0 Å². The molecule has 1 aromatic rings. The second-order valence-electron chi connectivity index (χ2n) is 7.43. The van der Waals surface area contributed by atoms with Crippen LogP contribution in [0.1, 0.15) is 37.7 Å². The molecule has 1 saturated heterocycles. The molecular weight excluding hydrogens is 316 g/mol. The topological polar surface area (TPSA) is 53.0 Å². The Balaban J connectivity index is 1.39. The molecule has 0 bridgehead atoms. The molecule has 0 atom stereocenters. The fourth-order valence-corrected chi connectivity index (χ4v) is 3.90. The summed E-state index contributed by atoms with van der Waals surface area (Å²) in [6.45, 7) is 4.40. The highest BCUT2D eigenvalue weighted by Gasteiger charge is 2.35. The molecule has 5 heteroatoms. The van der Waals surface area contributed by atoms with Crippen LogP contribution in [0.2, 0.25) is 0 Å². The van der Waals surface area contributed by atoms with Crippen molar-refractivity contribution < 1.29 is 14.6 Å². The smallest absolute Gasteiger partial charge is 0.225 e. The van der Waals surface area contributed by atoms with Crippen molar-refractivity contribution in [3.63, 3.8) is 0 Å². The normalized spacial score (nSPS) is 20.6. The third-order valence-corrected chi connectivity index (χ3v) is 5.62. The lowest BCUT2D eigenvalue weighted by atomic mass is 9.97. The molecule has 2 aliphatic rings. The molecule has 1 aliphatic heterocycles. The van der Waals surface area contributed by atoms with Crippen LogP contribution in [-0.4, -0.2) is 66.2 Å². The number of amides is 1. The van der Waals surface area contributed by atoms with Gasteiger partial charge in [0.15, 0.2) is 0 Å². The molecule has 25 heavy (non-hydrogen) atoms. The molecule has 1 heterocycles. The third-order valence-electron chi connectivity index (χ3n) is 5.62. The van der Waals surface area contributed by atoms with E-state index in [9.17, 15) is 9.90 Å². The number of hydrogen-bond donors (Lipinski definition) is 1. The number of hydrogen-bond acceptors (Lipinski definition) is 4. The van der Waals surface area contributed by atoms with Crippen molar-refractivity contribution in [2.45, 2.75) is 44.1 Å². The van der Waals surface area contributed by atoms with Gasteiger partial charge in [-0.2, -0.15) is 0 Å². The van der Waals surface area contributed by atoms with Gasteiger partial charge in [-0.05, 0) is 37.0 Å². The van der Waals surface area contributed by atoms with Crippen molar-refractivity contribution in [2.75, 3.05) is 39.8 Å². The van der Waals surface area contributed by atoms with Crippen LogP contribution in [-0.2, 0) is 11.2 Å². The SMILES string of the molecule is COc1ccc(CCN2CCN(C(=O)CC3(O)CCCC3)CC2)cc1. The first kappa shape index (κ1) is 18.2. The van der Waals surface area contributed by atoms with Gasteiger partial charge in [0.1, 0.15) is 5.75 Å². The van der Waals surface area contributed by atoms with E-state index in [0.717, 1.165) is 70.6 Å². The van der Waals surface area contributed by atoms with Gasteiger partial charge in [-0.25, -0.2) is 0 Å². The van der Waals surface area contributed by atoms with Crippen LogP contribution in [0, 0.1) is 0 Å². The standard InChI is InChI=1S/C20H30N2O3/c1-25-18-6-4-17(5-7-18)8-11-21-12-14-22(15-13-21)19(23)16-20(24)9-2-3-10-20/h4-7,24H,2-3,8-16H2,1H3. The number of carbonyl (C=O) groups is 1. The van der Waals surface area contributed by atoms with E-state index in [1.807, 2.05) is 17.0 Å². The summed E-state index contributed by atoms with van der Waals surface area (Å²) in [4.78, 5) is 16.8. The van der Waals surface area contributed by atoms with Gasteiger partial charge in [-0.15, -0.1) is 0 Å². The number of carbonyl (C=O) groups excluding carboxylic acids is 1. The minimum atomic E-state index is -0.734. The lowest BCUT2D eigenvalue weighted by Crippen LogP contribution is -2.50. The van der Waals surface area contributed by atoms with E-state index in [-0.39, 0.29) is 5.91 Å². The maximum absolute atomic E-state index is 12.4. The van der Waals surface area contributed by atoms with Crippen LogP contribution in [0.15, 0.2) is 24.3 Å². The van der Waals surface area contributed by atoms with Gasteiger partial charge < -0.3 is 14.7 Å². The Bertz CT molecular complexity index is 559. The monoisotopic (exact) mass is 346 g/mol. The summed E-state index contributed by atoms with van der Waals surface area (Å²) in [7, 11) is 1.68. The second kappa shape index (κ2) is 8.19. The van der Waals surface area contributed by atoms with E-state index in [1.54, 1.807) is 7.11 Å². The largest absolute Gasteiger partial charge is 0.497 e. The quantitative estimate of drug-likeness (QED) is 0.857. The molecular formula is C20H30N2O3. The van der Waals surface area contributed by atoms with Crippen LogP contribution in [0.3, 0.4) is 0 Å². The highest BCUT2D eigenvalue weighted by Crippen LogP contribution is 2.32. The summed E-state index contributed by atoms with van der Waals surface area (Å²) < 4.78 is 5.19. The van der Waals surface area contributed by atoms with Gasteiger partial charge in [0.05, 0.1) is 19.1 Å². The lowest BCUT2D eigenvalue weighted by molar-refractivity contribution is -0.138. The number of aliphatic hydroxyl groups is 1. The van der Waals surface area contributed by atoms with Gasteiger partial charge >= 0.3 is 0 Å². The van der Waals surface area contributed by atoms with Gasteiger partial charge in [-0.1, -0.05) is 25.0 Å². The minimum Gasteiger partial charge on any atom is -0.497 e. The number of rotatable bonds is 6. The molecule has 2 fully saturated rings. The van der Waals surface area contributed by atoms with Crippen molar-refractivity contribution in [3.8, 4) is 5.75 Å². The molecule has 0 aromatic heterocycles. The fourth-order valence-electron chi connectivity index (χ4n) is 3.90. The molecule has 0 spiro atoms. The zero-order valence-corrected chi connectivity index (χ0v) is 15.2. The van der Waals surface area contributed by atoms with Crippen LogP contribution < -0.4 is 4.74 Å². The Hall–Kier alpha value is -1.59. The lowest BCUT2D eigenvalue weighted by Gasteiger charge is -2.36. The first-order valence-corrected chi connectivity index (χ1v) is 9.43. The third kappa shape index (κ3) is 4.95. The summed E-state index contributed by atoms with van der Waals surface area (Å²) in [6.07, 6.45) is 4.96. The molecule has 1 N–H and O–H groups in total. The van der Waals surface area contributed by atoms with Gasteiger partial charge in [0.2, 0.25) is 5.91 Å². The van der Waals surface area contributed by atoms with Crippen LogP contribution >= 0.6 is 0 Å². The van der Waals surface area contributed by atoms with E-state index in [0.29, 0.717) is 6.42 Å². The first-order valence-electron chi connectivity index (χ1n) is 9.43. The molecule has 3 rings (SSSR count). The summed E-state index contributed by atoms with van der Waals surface area (Å²) in [5.41, 5.74) is 0.575. The Labute approximate surface area is 150 Å². The maximum Gasteiger partial charge on any atom is 0.225 e. The van der Waals surface area contributed by atoms with Gasteiger partial charge in [0, 0.05) is 32.7 Å². The Kier molecular flexibility index (Phi) is 5.97. The van der Waals surface area contributed by atoms with E-state index in [2.05, 4.69) is 17.0 Å². The average Bonchev–Trinajstić information content (AvgIpc) is 3.07. The number of benzene rings is 1. The highest BCUT2D eigenvalue weighted by atomic mass is 16.5. The summed E-state index contributed by atoms with van der Waals surface area (Å²) in [5, 5.41) is 10.4. The fraction of sp³-hybridized carbons (Fsp3) is 0.650. The molecule has 5 nitrogen and oxygen atoms in total. The van der Waals surface area contributed by atoms with Crippen LogP contribution in [0.4, 0.5) is 0 Å². The zero-order chi connectivity index (χ0) is 17.7. The second-order valence-corrected chi connectivity index (χ2v) is 7.43. The zero-order valence-electron chi connectivity index (χ0n) is 15.2. The molecule has 1 saturated carbocycles. The minimum absolute atomic E-state index is 0.124. The highest BCUT2D eigenvalue weighted by molar-refractivity contribution is 5.77. The van der Waals surface area contributed by atoms with Crippen LogP contribution in [0.25, 0.3) is 0 Å². The molecule has 1 aliphatic carbocycles. The summed E-state index contributed by atoms with van der Waals surface area (Å²) >= 11 is 0. The van der Waals surface area contributed by atoms with E-state index < -0.39 is 5.60 Å². The molecule has 138 valence electrons. The Morgan fingerprint density at radius 3 is 2.36 bits per heavy atom. The number of nitrogens with zero attached hydrogens (tertiary/aromatic N) is 2. The predicted molar refractivity (Wildman–Crippen MR) is 97.8 cm³/mol. The number of ether oxygens (including phenoxy) is 1. The maximum atomic E-state index is 12.4. The summed E-state index contributed by atoms with van der Waals surface area (Å²) in [6, 6.07) is 8.22. The Morgan fingerprint density at radius 2 is 1.76 bits per heavy atom. The van der Waals surface area contributed by atoms with Crippen molar-refractivity contribution >= 4 is 5.91 Å².